The Morgan fingerprint density at radius 2 is 1.76 bits per heavy atom. The maximum atomic E-state index is 13.7. The Labute approximate surface area is 227 Å². The number of nitrogens with one attached hydrogen (secondary N) is 2. The van der Waals surface area contributed by atoms with Crippen molar-refractivity contribution in [1.82, 2.24) is 10.6 Å². The monoisotopic (exact) mass is 527 g/mol. The molecule has 0 heterocycles. The number of benzene rings is 2. The zero-order valence-electron chi connectivity index (χ0n) is 23.8. The first-order valence-electron chi connectivity index (χ1n) is 13.8. The highest BCUT2D eigenvalue weighted by atomic mass is 19.1. The van der Waals surface area contributed by atoms with Crippen LogP contribution < -0.4 is 10.6 Å². The van der Waals surface area contributed by atoms with Crippen molar-refractivity contribution in [1.29, 1.82) is 0 Å². The zero-order valence-corrected chi connectivity index (χ0v) is 23.8. The summed E-state index contributed by atoms with van der Waals surface area (Å²) < 4.78 is 29.5. The number of nitrogens with zero attached hydrogens (tertiary/aromatic N) is 2. The van der Waals surface area contributed by atoms with E-state index in [0.717, 1.165) is 31.2 Å². The van der Waals surface area contributed by atoms with E-state index in [1.165, 1.54) is 36.8 Å². The highest BCUT2D eigenvalue weighted by Gasteiger charge is 2.29. The SMILES string of the molecule is CC=[N+](C)C(CC(c1ccc(F)cc1)C(C)CCCCC)NC(=NCC(C)C)NC(=O)c1cccc(F)c1. The molecule has 0 aliphatic heterocycles. The second-order valence-corrected chi connectivity index (χ2v) is 10.5. The third kappa shape index (κ3) is 10.3. The number of hydrogen-bond acceptors (Lipinski definition) is 2. The number of aliphatic imine (C=N–C) groups is 1. The first-order chi connectivity index (χ1) is 18.1. The Morgan fingerprint density at radius 3 is 2.37 bits per heavy atom. The lowest BCUT2D eigenvalue weighted by Gasteiger charge is -2.28. The number of carbonyl (C=O) groups excluding carboxylic acids is 1. The van der Waals surface area contributed by atoms with Crippen LogP contribution in [-0.4, -0.2) is 42.4 Å². The van der Waals surface area contributed by atoms with Gasteiger partial charge in [-0.2, -0.15) is 0 Å². The maximum Gasteiger partial charge on any atom is 0.258 e. The third-order valence-corrected chi connectivity index (χ3v) is 6.86. The predicted octanol–water partition coefficient (Wildman–Crippen LogP) is 6.75. The molecule has 0 saturated heterocycles. The summed E-state index contributed by atoms with van der Waals surface area (Å²) in [7, 11) is 1.98. The van der Waals surface area contributed by atoms with E-state index in [1.54, 1.807) is 6.07 Å². The smallest absolute Gasteiger partial charge is 0.258 e. The Morgan fingerprint density at radius 1 is 1.05 bits per heavy atom. The fourth-order valence-corrected chi connectivity index (χ4v) is 4.43. The van der Waals surface area contributed by atoms with Gasteiger partial charge in [-0.3, -0.25) is 20.4 Å². The molecule has 0 radical (unpaired) electrons. The van der Waals surface area contributed by atoms with E-state index in [9.17, 15) is 13.6 Å². The number of hydrogen-bond donors (Lipinski definition) is 2. The standard InChI is InChI=1S/C31H44F2N4O/c1-7-9-10-12-23(5)28(24-15-17-26(32)18-16-24)20-29(37(6)8-2)35-31(34-21-22(3)4)36-30(38)25-13-11-14-27(33)19-25/h8,11,13-19,22-23,28-29H,7,9-10,12,20-21H2,1-6H3,(H-,34,35,36,38)/p+1. The van der Waals surface area contributed by atoms with Gasteiger partial charge in [0.2, 0.25) is 12.1 Å². The van der Waals surface area contributed by atoms with Crippen LogP contribution in [-0.2, 0) is 0 Å². The molecule has 38 heavy (non-hydrogen) atoms. The van der Waals surface area contributed by atoms with Crippen LogP contribution in [0, 0.1) is 23.5 Å². The van der Waals surface area contributed by atoms with Crippen molar-refractivity contribution >= 4 is 18.1 Å². The Hall–Kier alpha value is -3.09. The van der Waals surface area contributed by atoms with Gasteiger partial charge in [-0.25, -0.2) is 13.4 Å². The predicted molar refractivity (Wildman–Crippen MR) is 153 cm³/mol. The van der Waals surface area contributed by atoms with E-state index in [0.29, 0.717) is 18.4 Å². The van der Waals surface area contributed by atoms with Crippen LogP contribution in [0.3, 0.4) is 0 Å². The minimum Gasteiger partial charge on any atom is -0.298 e. The molecule has 2 N–H and O–H groups in total. The van der Waals surface area contributed by atoms with Crippen LogP contribution in [0.2, 0.25) is 0 Å². The average molecular weight is 528 g/mol. The maximum absolute atomic E-state index is 13.7. The Bertz CT molecular complexity index is 1070. The van der Waals surface area contributed by atoms with E-state index in [1.807, 2.05) is 32.3 Å². The first kappa shape index (κ1) is 31.1. The summed E-state index contributed by atoms with van der Waals surface area (Å²) >= 11 is 0. The van der Waals surface area contributed by atoms with Crippen LogP contribution in [0.5, 0.6) is 0 Å². The molecule has 0 aliphatic rings. The largest absolute Gasteiger partial charge is 0.298 e. The lowest BCUT2D eigenvalue weighted by atomic mass is 9.81. The van der Waals surface area contributed by atoms with Crippen molar-refractivity contribution in [2.45, 2.75) is 78.8 Å². The molecule has 2 aromatic carbocycles. The van der Waals surface area contributed by atoms with Crippen molar-refractivity contribution in [3.05, 3.63) is 71.3 Å². The van der Waals surface area contributed by atoms with Crippen LogP contribution in [0.15, 0.2) is 53.5 Å². The van der Waals surface area contributed by atoms with Crippen molar-refractivity contribution in [2.75, 3.05) is 13.6 Å². The van der Waals surface area contributed by atoms with Crippen molar-refractivity contribution < 1.29 is 18.2 Å². The van der Waals surface area contributed by atoms with Gasteiger partial charge in [-0.05, 0) is 53.6 Å². The fraction of sp³-hybridized carbons (Fsp3) is 0.516. The van der Waals surface area contributed by atoms with Gasteiger partial charge in [0, 0.05) is 25.5 Å². The summed E-state index contributed by atoms with van der Waals surface area (Å²) in [5.41, 5.74) is 1.32. The number of halogens is 2. The topological polar surface area (TPSA) is 56.5 Å². The van der Waals surface area contributed by atoms with Crippen molar-refractivity contribution in [2.24, 2.45) is 16.8 Å². The summed E-state index contributed by atoms with van der Waals surface area (Å²) in [5.74, 6) is 0.0358. The molecular weight excluding hydrogens is 482 g/mol. The molecule has 5 nitrogen and oxygen atoms in total. The highest BCUT2D eigenvalue weighted by Crippen LogP contribution is 2.33. The van der Waals surface area contributed by atoms with Gasteiger partial charge in [0.15, 0.2) is 0 Å². The Balaban J connectivity index is 2.35. The normalized spacial score (nSPS) is 14.8. The summed E-state index contributed by atoms with van der Waals surface area (Å²) in [4.78, 5) is 17.6. The first-order valence-corrected chi connectivity index (χ1v) is 13.8. The summed E-state index contributed by atoms with van der Waals surface area (Å²) in [6, 6.07) is 12.4. The lowest BCUT2D eigenvalue weighted by molar-refractivity contribution is -0.540. The summed E-state index contributed by atoms with van der Waals surface area (Å²) in [6.45, 7) is 11.1. The van der Waals surface area contributed by atoms with Gasteiger partial charge >= 0.3 is 0 Å². The fourth-order valence-electron chi connectivity index (χ4n) is 4.43. The summed E-state index contributed by atoms with van der Waals surface area (Å²) in [5, 5.41) is 6.31. The van der Waals surface area contributed by atoms with Gasteiger partial charge in [-0.15, -0.1) is 0 Å². The number of carbonyl (C=O) groups is 1. The van der Waals surface area contributed by atoms with Gasteiger partial charge < -0.3 is 0 Å². The van der Waals surface area contributed by atoms with E-state index in [2.05, 4.69) is 47.9 Å². The van der Waals surface area contributed by atoms with E-state index in [4.69, 9.17) is 0 Å². The molecule has 2 rings (SSSR count). The van der Waals surface area contributed by atoms with Gasteiger partial charge in [0.25, 0.3) is 5.91 Å². The molecule has 0 saturated carbocycles. The zero-order chi connectivity index (χ0) is 28.1. The molecule has 0 bridgehead atoms. The van der Waals surface area contributed by atoms with E-state index in [-0.39, 0.29) is 29.4 Å². The van der Waals surface area contributed by atoms with Crippen molar-refractivity contribution in [3.63, 3.8) is 0 Å². The number of guanidine groups is 1. The molecule has 0 aliphatic carbocycles. The number of unbranched alkanes of at least 4 members (excludes halogenated alkanes) is 2. The average Bonchev–Trinajstić information content (AvgIpc) is 2.89. The molecule has 7 heteroatoms. The lowest BCUT2D eigenvalue weighted by Crippen LogP contribution is -2.50. The highest BCUT2D eigenvalue weighted by molar-refractivity contribution is 6.05. The van der Waals surface area contributed by atoms with Gasteiger partial charge in [0.1, 0.15) is 24.9 Å². The number of rotatable bonds is 13. The molecule has 208 valence electrons. The third-order valence-electron chi connectivity index (χ3n) is 6.86. The van der Waals surface area contributed by atoms with E-state index >= 15 is 0 Å². The number of amides is 1. The van der Waals surface area contributed by atoms with Crippen LogP contribution in [0.25, 0.3) is 0 Å². The van der Waals surface area contributed by atoms with Gasteiger partial charge in [0.05, 0.1) is 0 Å². The van der Waals surface area contributed by atoms with Crippen molar-refractivity contribution in [3.8, 4) is 0 Å². The molecule has 0 aromatic heterocycles. The minimum atomic E-state index is -0.469. The molecule has 3 atom stereocenters. The van der Waals surface area contributed by atoms with Crippen LogP contribution in [0.1, 0.15) is 88.6 Å². The van der Waals surface area contributed by atoms with E-state index < -0.39 is 11.7 Å². The molecule has 3 unspecified atom stereocenters. The molecule has 0 fully saturated rings. The Kier molecular flexibility index (Phi) is 13.1. The minimum absolute atomic E-state index is 0.164. The van der Waals surface area contributed by atoms with Gasteiger partial charge in [-0.1, -0.05) is 71.6 Å². The second kappa shape index (κ2) is 16.0. The molecular formula is C31H45F2N4O+. The molecule has 1 amide bonds. The molecule has 0 spiro atoms. The van der Waals surface area contributed by atoms with Crippen LogP contribution >= 0.6 is 0 Å². The summed E-state index contributed by atoms with van der Waals surface area (Å²) in [6.07, 6.45) is 7.07. The molecule has 2 aromatic rings. The van der Waals surface area contributed by atoms with Crippen LogP contribution in [0.4, 0.5) is 8.78 Å². The second-order valence-electron chi connectivity index (χ2n) is 10.5. The quantitative estimate of drug-likeness (QED) is 0.0996.